The Hall–Kier alpha value is -1.76. The third-order valence-electron chi connectivity index (χ3n) is 5.40. The molecule has 1 saturated heterocycles. The average Bonchev–Trinajstić information content (AvgIpc) is 3.11. The molecule has 2 heterocycles. The molecule has 0 aliphatic carbocycles. The molecule has 3 unspecified atom stereocenters. The van der Waals surface area contributed by atoms with Crippen molar-refractivity contribution in [1.82, 2.24) is 10.2 Å². The highest BCUT2D eigenvalue weighted by Gasteiger charge is 2.46. The quantitative estimate of drug-likeness (QED) is 0.751. The summed E-state index contributed by atoms with van der Waals surface area (Å²) in [6.45, 7) is 9.10. The van der Waals surface area contributed by atoms with Crippen molar-refractivity contribution in [1.29, 1.82) is 0 Å². The highest BCUT2D eigenvalue weighted by molar-refractivity contribution is 7.10. The molecule has 3 rings (SSSR count). The van der Waals surface area contributed by atoms with Crippen LogP contribution in [0.15, 0.2) is 41.8 Å². The van der Waals surface area contributed by atoms with Crippen LogP contribution in [-0.4, -0.2) is 34.1 Å². The molecule has 4 nitrogen and oxygen atoms in total. The van der Waals surface area contributed by atoms with Crippen LogP contribution in [-0.2, 0) is 11.3 Å². The SMILES string of the molecule is CC(C)(C)CC(=O)NC1C(c2cccs2)N(Cc2cccc(F)c2)CCC1(C)O. The van der Waals surface area contributed by atoms with Crippen LogP contribution in [0.3, 0.4) is 0 Å². The minimum absolute atomic E-state index is 0.0584. The molecule has 1 fully saturated rings. The fourth-order valence-corrected chi connectivity index (χ4v) is 4.90. The van der Waals surface area contributed by atoms with E-state index in [0.29, 0.717) is 25.9 Å². The topological polar surface area (TPSA) is 52.6 Å². The number of thiophene rings is 1. The average molecular weight is 419 g/mol. The minimum Gasteiger partial charge on any atom is -0.388 e. The Morgan fingerprint density at radius 3 is 2.72 bits per heavy atom. The second-order valence-electron chi connectivity index (χ2n) is 9.45. The smallest absolute Gasteiger partial charge is 0.220 e. The van der Waals surface area contributed by atoms with Crippen LogP contribution in [0.4, 0.5) is 4.39 Å². The van der Waals surface area contributed by atoms with Crippen molar-refractivity contribution in [3.8, 4) is 0 Å². The molecule has 158 valence electrons. The van der Waals surface area contributed by atoms with E-state index >= 15 is 0 Å². The molecule has 1 amide bonds. The van der Waals surface area contributed by atoms with E-state index in [1.54, 1.807) is 30.4 Å². The predicted octanol–water partition coefficient (Wildman–Crippen LogP) is 4.51. The van der Waals surface area contributed by atoms with E-state index in [1.165, 1.54) is 6.07 Å². The molecule has 1 aliphatic heterocycles. The van der Waals surface area contributed by atoms with Gasteiger partial charge in [-0.05, 0) is 47.9 Å². The van der Waals surface area contributed by atoms with E-state index in [2.05, 4.69) is 10.2 Å². The fraction of sp³-hybridized carbons (Fsp3) is 0.522. The summed E-state index contributed by atoms with van der Waals surface area (Å²) >= 11 is 1.61. The Bertz CT molecular complexity index is 830. The lowest BCUT2D eigenvalue weighted by Crippen LogP contribution is -2.62. The van der Waals surface area contributed by atoms with Gasteiger partial charge in [0.1, 0.15) is 5.82 Å². The fourth-order valence-electron chi connectivity index (χ4n) is 4.01. The van der Waals surface area contributed by atoms with Crippen molar-refractivity contribution in [2.24, 2.45) is 5.41 Å². The Labute approximate surface area is 176 Å². The third kappa shape index (κ3) is 5.65. The van der Waals surface area contributed by atoms with E-state index in [-0.39, 0.29) is 23.2 Å². The first kappa shape index (κ1) is 21.9. The number of carbonyl (C=O) groups is 1. The molecule has 0 saturated carbocycles. The maximum absolute atomic E-state index is 13.7. The van der Waals surface area contributed by atoms with Gasteiger partial charge in [0.2, 0.25) is 5.91 Å². The summed E-state index contributed by atoms with van der Waals surface area (Å²) in [7, 11) is 0. The number of amides is 1. The van der Waals surface area contributed by atoms with Crippen LogP contribution < -0.4 is 5.32 Å². The number of nitrogens with one attached hydrogen (secondary N) is 1. The summed E-state index contributed by atoms with van der Waals surface area (Å²) in [6.07, 6.45) is 0.922. The first-order valence-electron chi connectivity index (χ1n) is 10.1. The predicted molar refractivity (Wildman–Crippen MR) is 115 cm³/mol. The molecule has 6 heteroatoms. The van der Waals surface area contributed by atoms with Crippen LogP contribution >= 0.6 is 11.3 Å². The molecular weight excluding hydrogens is 387 g/mol. The Morgan fingerprint density at radius 1 is 1.34 bits per heavy atom. The van der Waals surface area contributed by atoms with Crippen molar-refractivity contribution in [2.45, 2.75) is 64.8 Å². The van der Waals surface area contributed by atoms with E-state index in [9.17, 15) is 14.3 Å². The number of aliphatic hydroxyl groups is 1. The lowest BCUT2D eigenvalue weighted by atomic mass is 9.81. The van der Waals surface area contributed by atoms with E-state index < -0.39 is 11.6 Å². The van der Waals surface area contributed by atoms with E-state index in [4.69, 9.17) is 0 Å². The zero-order valence-corrected chi connectivity index (χ0v) is 18.4. The van der Waals surface area contributed by atoms with Crippen molar-refractivity contribution in [2.75, 3.05) is 6.54 Å². The standard InChI is InChI=1S/C23H31FN2O2S/c1-22(2,3)14-19(27)25-21-20(18-9-6-12-29-18)26(11-10-23(21,4)28)15-16-7-5-8-17(24)13-16/h5-9,12-13,20-21,28H,10-11,14-15H2,1-4H3,(H,25,27). The molecule has 1 aliphatic rings. The first-order valence-corrected chi connectivity index (χ1v) is 11.0. The van der Waals surface area contributed by atoms with E-state index in [0.717, 1.165) is 10.4 Å². The summed E-state index contributed by atoms with van der Waals surface area (Å²) in [6, 6.07) is 10.0. The van der Waals surface area contributed by atoms with Gasteiger partial charge in [0.15, 0.2) is 0 Å². The molecule has 0 radical (unpaired) electrons. The normalized spacial score (nSPS) is 25.7. The van der Waals surface area contributed by atoms with Crippen LogP contribution in [0.2, 0.25) is 0 Å². The van der Waals surface area contributed by atoms with Crippen LogP contribution in [0, 0.1) is 11.2 Å². The van der Waals surface area contributed by atoms with Gasteiger partial charge >= 0.3 is 0 Å². The second-order valence-corrected chi connectivity index (χ2v) is 10.4. The first-order chi connectivity index (χ1) is 13.5. The zero-order chi connectivity index (χ0) is 21.2. The zero-order valence-electron chi connectivity index (χ0n) is 17.6. The number of hydrogen-bond acceptors (Lipinski definition) is 4. The highest BCUT2D eigenvalue weighted by atomic mass is 32.1. The van der Waals surface area contributed by atoms with Gasteiger partial charge in [-0.1, -0.05) is 39.0 Å². The molecule has 1 aromatic heterocycles. The van der Waals surface area contributed by atoms with E-state index in [1.807, 2.05) is 44.4 Å². The number of rotatable bonds is 5. The van der Waals surface area contributed by atoms with Crippen molar-refractivity contribution in [3.05, 3.63) is 58.0 Å². The van der Waals surface area contributed by atoms with Gasteiger partial charge in [-0.15, -0.1) is 11.3 Å². The van der Waals surface area contributed by atoms with Gasteiger partial charge in [-0.25, -0.2) is 4.39 Å². The maximum atomic E-state index is 13.7. The second kappa shape index (κ2) is 8.54. The van der Waals surface area contributed by atoms with Gasteiger partial charge in [0, 0.05) is 24.4 Å². The number of halogens is 1. The van der Waals surface area contributed by atoms with Crippen molar-refractivity contribution < 1.29 is 14.3 Å². The molecule has 3 atom stereocenters. The van der Waals surface area contributed by atoms with Crippen molar-refractivity contribution in [3.63, 3.8) is 0 Å². The van der Waals surface area contributed by atoms with Gasteiger partial charge in [-0.2, -0.15) is 0 Å². The number of piperidine rings is 1. The summed E-state index contributed by atoms with van der Waals surface area (Å²) in [5, 5.41) is 16.3. The summed E-state index contributed by atoms with van der Waals surface area (Å²) in [5.74, 6) is -0.314. The Balaban J connectivity index is 1.90. The molecule has 2 aromatic rings. The Morgan fingerprint density at radius 2 is 2.10 bits per heavy atom. The van der Waals surface area contributed by atoms with Crippen LogP contribution in [0.5, 0.6) is 0 Å². The monoisotopic (exact) mass is 418 g/mol. The number of likely N-dealkylation sites (tertiary alicyclic amines) is 1. The molecular formula is C23H31FN2O2S. The maximum Gasteiger partial charge on any atom is 0.220 e. The molecule has 1 aromatic carbocycles. The van der Waals surface area contributed by atoms with Gasteiger partial charge in [-0.3, -0.25) is 9.69 Å². The van der Waals surface area contributed by atoms with Crippen molar-refractivity contribution >= 4 is 17.2 Å². The van der Waals surface area contributed by atoms with Gasteiger partial charge in [0.05, 0.1) is 17.7 Å². The number of hydrogen-bond donors (Lipinski definition) is 2. The summed E-state index contributed by atoms with van der Waals surface area (Å²) in [4.78, 5) is 16.1. The number of nitrogens with zero attached hydrogens (tertiary/aromatic N) is 1. The van der Waals surface area contributed by atoms with Crippen LogP contribution in [0.1, 0.15) is 57.0 Å². The molecule has 0 spiro atoms. The highest BCUT2D eigenvalue weighted by Crippen LogP contribution is 2.39. The summed E-state index contributed by atoms with van der Waals surface area (Å²) in [5.41, 5.74) is -0.279. The number of carbonyl (C=O) groups excluding carboxylic acids is 1. The Kier molecular flexibility index (Phi) is 6.46. The molecule has 0 bridgehead atoms. The lowest BCUT2D eigenvalue weighted by molar-refractivity contribution is -0.130. The van der Waals surface area contributed by atoms with Gasteiger partial charge in [0.25, 0.3) is 0 Å². The van der Waals surface area contributed by atoms with Gasteiger partial charge < -0.3 is 10.4 Å². The summed E-state index contributed by atoms with van der Waals surface area (Å²) < 4.78 is 13.7. The minimum atomic E-state index is -1.03. The lowest BCUT2D eigenvalue weighted by Gasteiger charge is -2.49. The third-order valence-corrected chi connectivity index (χ3v) is 6.34. The molecule has 29 heavy (non-hydrogen) atoms. The largest absolute Gasteiger partial charge is 0.388 e. The molecule has 2 N–H and O–H groups in total. The van der Waals surface area contributed by atoms with Crippen LogP contribution in [0.25, 0.3) is 0 Å². The number of benzene rings is 1.